The molecule has 0 radical (unpaired) electrons. The Kier molecular flexibility index (Phi) is 4.92. The monoisotopic (exact) mass is 378 g/mol. The van der Waals surface area contributed by atoms with E-state index in [2.05, 4.69) is 15.9 Å². The molecule has 0 aliphatic heterocycles. The van der Waals surface area contributed by atoms with Crippen molar-refractivity contribution in [3.63, 3.8) is 0 Å². The molecule has 0 spiro atoms. The number of ketones is 1. The van der Waals surface area contributed by atoms with Crippen molar-refractivity contribution in [1.82, 2.24) is 0 Å². The van der Waals surface area contributed by atoms with Crippen LogP contribution in [-0.4, -0.2) is 10.9 Å². The number of rotatable bonds is 4. The van der Waals surface area contributed by atoms with E-state index in [0.717, 1.165) is 15.6 Å². The van der Waals surface area contributed by atoms with Crippen molar-refractivity contribution in [2.24, 2.45) is 0 Å². The van der Waals surface area contributed by atoms with Crippen LogP contribution in [0.15, 0.2) is 83.3 Å². The Balaban J connectivity index is 2.07. The maximum atomic E-state index is 13.0. The Morgan fingerprint density at radius 1 is 0.792 bits per heavy atom. The quantitative estimate of drug-likeness (QED) is 0.365. The minimum absolute atomic E-state index is 0.0822. The summed E-state index contributed by atoms with van der Waals surface area (Å²) in [4.78, 5) is 13.0. The van der Waals surface area contributed by atoms with Gasteiger partial charge in [-0.05, 0) is 53.6 Å². The predicted octanol–water partition coefficient (Wildman–Crippen LogP) is 5.58. The zero-order valence-corrected chi connectivity index (χ0v) is 14.4. The number of aromatic hydroxyl groups is 1. The maximum Gasteiger partial charge on any atom is 0.193 e. The van der Waals surface area contributed by atoms with Crippen LogP contribution in [0.3, 0.4) is 0 Å². The average Bonchev–Trinajstić information content (AvgIpc) is 2.62. The summed E-state index contributed by atoms with van der Waals surface area (Å²) in [6, 6.07) is 23.7. The summed E-state index contributed by atoms with van der Waals surface area (Å²) >= 11 is 3.42. The molecule has 0 saturated heterocycles. The molecule has 0 fully saturated rings. The molecule has 0 saturated carbocycles. The highest BCUT2D eigenvalue weighted by molar-refractivity contribution is 9.10. The molecule has 0 aliphatic rings. The van der Waals surface area contributed by atoms with Gasteiger partial charge in [0.25, 0.3) is 0 Å². The Morgan fingerprint density at radius 3 is 2.00 bits per heavy atom. The molecule has 2 nitrogen and oxygen atoms in total. The predicted molar refractivity (Wildman–Crippen MR) is 101 cm³/mol. The molecule has 0 amide bonds. The number of hydrogen-bond donors (Lipinski definition) is 1. The topological polar surface area (TPSA) is 37.3 Å². The minimum atomic E-state index is -0.0822. The van der Waals surface area contributed by atoms with Crippen molar-refractivity contribution in [2.45, 2.75) is 0 Å². The number of hydrogen-bond acceptors (Lipinski definition) is 2. The van der Waals surface area contributed by atoms with Gasteiger partial charge in [-0.25, -0.2) is 0 Å². The van der Waals surface area contributed by atoms with Crippen LogP contribution in [0.4, 0.5) is 0 Å². The Hall–Kier alpha value is -2.65. The van der Waals surface area contributed by atoms with Gasteiger partial charge in [0.2, 0.25) is 0 Å². The van der Waals surface area contributed by atoms with Gasteiger partial charge in [0.1, 0.15) is 5.75 Å². The lowest BCUT2D eigenvalue weighted by Crippen LogP contribution is -2.02. The van der Waals surface area contributed by atoms with Gasteiger partial charge >= 0.3 is 0 Å². The van der Waals surface area contributed by atoms with Crippen molar-refractivity contribution < 1.29 is 9.90 Å². The molecule has 0 unspecified atom stereocenters. The molecule has 0 aliphatic carbocycles. The average molecular weight is 379 g/mol. The summed E-state index contributed by atoms with van der Waals surface area (Å²) in [6.07, 6.45) is 1.89. The number of phenols is 1. The Bertz CT molecular complexity index is 864. The molecule has 0 heterocycles. The van der Waals surface area contributed by atoms with Crippen molar-refractivity contribution >= 4 is 33.4 Å². The van der Waals surface area contributed by atoms with Crippen molar-refractivity contribution in [1.29, 1.82) is 0 Å². The molecule has 3 aromatic rings. The smallest absolute Gasteiger partial charge is 0.193 e. The highest BCUT2D eigenvalue weighted by Crippen LogP contribution is 2.25. The van der Waals surface area contributed by atoms with E-state index in [1.54, 1.807) is 12.1 Å². The van der Waals surface area contributed by atoms with Crippen LogP contribution >= 0.6 is 15.9 Å². The number of allylic oxidation sites excluding steroid dienone is 1. The third-order valence-corrected chi connectivity index (χ3v) is 4.17. The summed E-state index contributed by atoms with van der Waals surface area (Å²) in [5.41, 5.74) is 2.96. The molecule has 118 valence electrons. The molecule has 24 heavy (non-hydrogen) atoms. The summed E-state index contributed by atoms with van der Waals surface area (Å²) in [5, 5.41) is 9.43. The first-order valence-corrected chi connectivity index (χ1v) is 8.29. The normalized spacial score (nSPS) is 11.3. The SMILES string of the molecule is O=C(/C(=C/c1ccccc1)c1ccc(Br)cc1)c1ccc(O)cc1. The first-order valence-electron chi connectivity index (χ1n) is 7.50. The van der Waals surface area contributed by atoms with E-state index in [0.29, 0.717) is 11.1 Å². The number of benzene rings is 3. The third kappa shape index (κ3) is 3.81. The lowest BCUT2D eigenvalue weighted by atomic mass is 9.95. The lowest BCUT2D eigenvalue weighted by molar-refractivity contribution is 0.105. The first-order chi connectivity index (χ1) is 11.6. The zero-order valence-electron chi connectivity index (χ0n) is 12.8. The second-order valence-electron chi connectivity index (χ2n) is 5.35. The largest absolute Gasteiger partial charge is 0.508 e. The van der Waals surface area contributed by atoms with Gasteiger partial charge in [0, 0.05) is 15.6 Å². The highest BCUT2D eigenvalue weighted by Gasteiger charge is 2.14. The van der Waals surface area contributed by atoms with Gasteiger partial charge in [0.05, 0.1) is 0 Å². The maximum absolute atomic E-state index is 13.0. The number of carbonyl (C=O) groups is 1. The first kappa shape index (κ1) is 16.2. The molecule has 0 bridgehead atoms. The van der Waals surface area contributed by atoms with E-state index in [1.807, 2.05) is 60.7 Å². The van der Waals surface area contributed by atoms with Crippen molar-refractivity contribution in [2.75, 3.05) is 0 Å². The molecule has 0 atom stereocenters. The fourth-order valence-corrected chi connectivity index (χ4v) is 2.66. The number of carbonyl (C=O) groups excluding carboxylic acids is 1. The fourth-order valence-electron chi connectivity index (χ4n) is 2.39. The van der Waals surface area contributed by atoms with Crippen LogP contribution in [0.2, 0.25) is 0 Å². The van der Waals surface area contributed by atoms with Crippen molar-refractivity contribution in [3.8, 4) is 5.75 Å². The Labute approximate surface area is 149 Å². The van der Waals surface area contributed by atoms with E-state index in [9.17, 15) is 9.90 Å². The molecule has 1 N–H and O–H groups in total. The van der Waals surface area contributed by atoms with Gasteiger partial charge in [-0.15, -0.1) is 0 Å². The molecular formula is C21H15BrO2. The third-order valence-electron chi connectivity index (χ3n) is 3.64. The van der Waals surface area contributed by atoms with E-state index in [4.69, 9.17) is 0 Å². The zero-order chi connectivity index (χ0) is 16.9. The molecular weight excluding hydrogens is 364 g/mol. The van der Waals surface area contributed by atoms with Gasteiger partial charge in [-0.3, -0.25) is 4.79 Å². The van der Waals surface area contributed by atoms with Gasteiger partial charge in [-0.2, -0.15) is 0 Å². The van der Waals surface area contributed by atoms with E-state index in [1.165, 1.54) is 12.1 Å². The second-order valence-corrected chi connectivity index (χ2v) is 6.27. The summed E-state index contributed by atoms with van der Waals surface area (Å²) < 4.78 is 0.961. The second kappa shape index (κ2) is 7.28. The minimum Gasteiger partial charge on any atom is -0.508 e. The number of phenolic OH excluding ortho intramolecular Hbond substituents is 1. The summed E-state index contributed by atoms with van der Waals surface area (Å²) in [6.45, 7) is 0. The molecule has 3 aromatic carbocycles. The highest BCUT2D eigenvalue weighted by atomic mass is 79.9. The molecule has 3 rings (SSSR count). The summed E-state index contributed by atoms with van der Waals surface area (Å²) in [5.74, 6) is 0.0601. The standard InChI is InChI=1S/C21H15BrO2/c22-18-10-6-16(7-11-18)20(14-15-4-2-1-3-5-15)21(24)17-8-12-19(23)13-9-17/h1-14,23H/b20-14+. The van der Waals surface area contributed by atoms with E-state index in [-0.39, 0.29) is 11.5 Å². The lowest BCUT2D eigenvalue weighted by Gasteiger charge is -2.08. The van der Waals surface area contributed by atoms with Crippen LogP contribution in [-0.2, 0) is 0 Å². The van der Waals surface area contributed by atoms with Gasteiger partial charge in [0.15, 0.2) is 5.78 Å². The Morgan fingerprint density at radius 2 is 1.38 bits per heavy atom. The number of halogens is 1. The van der Waals surface area contributed by atoms with Gasteiger partial charge in [-0.1, -0.05) is 58.4 Å². The van der Waals surface area contributed by atoms with Crippen molar-refractivity contribution in [3.05, 3.63) is 100 Å². The van der Waals surface area contributed by atoms with Gasteiger partial charge < -0.3 is 5.11 Å². The van der Waals surface area contributed by atoms with Crippen LogP contribution in [0.25, 0.3) is 11.6 Å². The molecule has 0 aromatic heterocycles. The van der Waals surface area contributed by atoms with Crippen LogP contribution in [0.5, 0.6) is 5.75 Å². The summed E-state index contributed by atoms with van der Waals surface area (Å²) in [7, 11) is 0. The van der Waals surface area contributed by atoms with E-state index < -0.39 is 0 Å². The van der Waals surface area contributed by atoms with Crippen LogP contribution < -0.4 is 0 Å². The molecule has 3 heteroatoms. The van der Waals surface area contributed by atoms with Crippen LogP contribution in [0, 0.1) is 0 Å². The van der Waals surface area contributed by atoms with E-state index >= 15 is 0 Å². The fraction of sp³-hybridized carbons (Fsp3) is 0. The number of Topliss-reactive ketones (excluding diaryl/α,β-unsaturated/α-hetero) is 1. The van der Waals surface area contributed by atoms with Crippen LogP contribution in [0.1, 0.15) is 21.5 Å².